The first kappa shape index (κ1) is 16.1. The van der Waals surface area contributed by atoms with Crippen molar-refractivity contribution in [2.45, 2.75) is 33.2 Å². The molecular weight excluding hydrogens is 278 g/mol. The number of unbranched alkanes of at least 4 members (excludes halogenated alkanes) is 1. The summed E-state index contributed by atoms with van der Waals surface area (Å²) in [7, 11) is 0. The second kappa shape index (κ2) is 8.27. The van der Waals surface area contributed by atoms with Gasteiger partial charge in [-0.05, 0) is 50.5 Å². The molecule has 0 aliphatic heterocycles. The number of pyridine rings is 1. The molecule has 4 nitrogen and oxygen atoms in total. The maximum Gasteiger partial charge on any atom is 0.292 e. The van der Waals surface area contributed by atoms with E-state index in [1.165, 1.54) is 0 Å². The summed E-state index contributed by atoms with van der Waals surface area (Å²) < 4.78 is 12.8. The van der Waals surface area contributed by atoms with Crippen LogP contribution in [0.3, 0.4) is 0 Å². The first-order chi connectivity index (χ1) is 10.7. The Morgan fingerprint density at radius 2 is 1.77 bits per heavy atom. The second-order valence-corrected chi connectivity index (χ2v) is 5.13. The van der Waals surface area contributed by atoms with Crippen LogP contribution in [-0.2, 0) is 6.54 Å². The number of benzene rings is 1. The molecule has 4 heteroatoms. The van der Waals surface area contributed by atoms with Gasteiger partial charge in [-0.3, -0.25) is 4.79 Å². The first-order valence-electron chi connectivity index (χ1n) is 7.73. The molecule has 0 atom stereocenters. The lowest BCUT2D eigenvalue weighted by Crippen LogP contribution is -2.21. The van der Waals surface area contributed by atoms with Gasteiger partial charge >= 0.3 is 0 Å². The van der Waals surface area contributed by atoms with Crippen molar-refractivity contribution in [2.75, 3.05) is 13.2 Å². The Hall–Kier alpha value is -2.23. The number of hydrogen-bond acceptors (Lipinski definition) is 3. The largest absolute Gasteiger partial charge is 0.493 e. The van der Waals surface area contributed by atoms with Gasteiger partial charge in [0.05, 0.1) is 13.2 Å². The van der Waals surface area contributed by atoms with Crippen molar-refractivity contribution in [2.24, 2.45) is 0 Å². The summed E-state index contributed by atoms with van der Waals surface area (Å²) in [6, 6.07) is 11.5. The van der Waals surface area contributed by atoms with Gasteiger partial charge in [0, 0.05) is 12.7 Å². The molecule has 0 amide bonds. The van der Waals surface area contributed by atoms with Crippen LogP contribution in [0.5, 0.6) is 11.5 Å². The third-order valence-electron chi connectivity index (χ3n) is 3.43. The summed E-state index contributed by atoms with van der Waals surface area (Å²) in [4.78, 5) is 12.1. The van der Waals surface area contributed by atoms with Crippen molar-refractivity contribution in [1.29, 1.82) is 0 Å². The summed E-state index contributed by atoms with van der Waals surface area (Å²) >= 11 is 0. The van der Waals surface area contributed by atoms with Crippen molar-refractivity contribution in [3.8, 4) is 11.5 Å². The number of para-hydroxylation sites is 1. The number of aryl methyl sites for hydroxylation is 2. The minimum Gasteiger partial charge on any atom is -0.493 e. The average molecular weight is 301 g/mol. The smallest absolute Gasteiger partial charge is 0.292 e. The molecular formula is C18H23NO3. The first-order valence-corrected chi connectivity index (χ1v) is 7.73. The molecule has 0 fully saturated rings. The van der Waals surface area contributed by atoms with Gasteiger partial charge in [0.25, 0.3) is 5.56 Å². The van der Waals surface area contributed by atoms with E-state index in [0.717, 1.165) is 24.2 Å². The van der Waals surface area contributed by atoms with Crippen LogP contribution in [0.15, 0.2) is 47.4 Å². The van der Waals surface area contributed by atoms with Gasteiger partial charge in [-0.1, -0.05) is 18.2 Å². The zero-order valence-corrected chi connectivity index (χ0v) is 13.2. The van der Waals surface area contributed by atoms with Gasteiger partial charge in [-0.15, -0.1) is 0 Å². The molecule has 0 bridgehead atoms. The maximum absolute atomic E-state index is 12.1. The fraction of sp³-hybridized carbons (Fsp3) is 0.389. The lowest BCUT2D eigenvalue weighted by atomic mass is 10.2. The molecule has 2 aromatic rings. The topological polar surface area (TPSA) is 40.5 Å². The molecule has 0 aliphatic rings. The lowest BCUT2D eigenvalue weighted by molar-refractivity contribution is 0.300. The number of rotatable bonds is 8. The minimum atomic E-state index is -0.0656. The highest BCUT2D eigenvalue weighted by Crippen LogP contribution is 2.16. The van der Waals surface area contributed by atoms with Gasteiger partial charge in [0.2, 0.25) is 0 Å². The van der Waals surface area contributed by atoms with Gasteiger partial charge in [-0.25, -0.2) is 0 Å². The maximum atomic E-state index is 12.1. The molecule has 2 rings (SSSR count). The van der Waals surface area contributed by atoms with Crippen LogP contribution in [0.1, 0.15) is 25.3 Å². The third kappa shape index (κ3) is 4.38. The van der Waals surface area contributed by atoms with E-state index in [1.54, 1.807) is 16.8 Å². The summed E-state index contributed by atoms with van der Waals surface area (Å²) in [5.41, 5.74) is 1.08. The van der Waals surface area contributed by atoms with Crippen molar-refractivity contribution < 1.29 is 9.47 Å². The summed E-state index contributed by atoms with van der Waals surface area (Å²) in [6.45, 7) is 5.75. The molecule has 0 saturated carbocycles. The highest BCUT2D eigenvalue weighted by atomic mass is 16.5. The SMILES string of the molecule is CCOc1cccn(CCCCOc2ccccc2C)c1=O. The van der Waals surface area contributed by atoms with E-state index in [-0.39, 0.29) is 5.56 Å². The van der Waals surface area contributed by atoms with Gasteiger partial charge in [-0.2, -0.15) is 0 Å². The third-order valence-corrected chi connectivity index (χ3v) is 3.43. The molecule has 1 aromatic heterocycles. The Morgan fingerprint density at radius 3 is 2.55 bits per heavy atom. The Bertz CT molecular complexity index is 649. The molecule has 0 radical (unpaired) electrons. The Morgan fingerprint density at radius 1 is 1.00 bits per heavy atom. The van der Waals surface area contributed by atoms with Crippen molar-refractivity contribution in [3.05, 3.63) is 58.5 Å². The Labute approximate surface area is 131 Å². The molecule has 0 unspecified atom stereocenters. The highest BCUT2D eigenvalue weighted by molar-refractivity contribution is 5.31. The average Bonchev–Trinajstić information content (AvgIpc) is 2.52. The molecule has 0 N–H and O–H groups in total. The number of ether oxygens (including phenoxy) is 2. The second-order valence-electron chi connectivity index (χ2n) is 5.13. The van der Waals surface area contributed by atoms with E-state index in [2.05, 4.69) is 0 Å². The molecule has 1 aromatic carbocycles. The molecule has 118 valence electrons. The zero-order chi connectivity index (χ0) is 15.8. The van der Waals surface area contributed by atoms with Crippen LogP contribution in [0, 0.1) is 6.92 Å². The predicted molar refractivity (Wildman–Crippen MR) is 87.8 cm³/mol. The van der Waals surface area contributed by atoms with Crippen LogP contribution in [0.4, 0.5) is 0 Å². The summed E-state index contributed by atoms with van der Waals surface area (Å²) in [5.74, 6) is 1.35. The Kier molecular flexibility index (Phi) is 6.07. The van der Waals surface area contributed by atoms with E-state index < -0.39 is 0 Å². The highest BCUT2D eigenvalue weighted by Gasteiger charge is 2.03. The standard InChI is InChI=1S/C18H23NO3/c1-3-21-17-11-8-13-19(18(17)20)12-6-7-14-22-16-10-5-4-9-15(16)2/h4-5,8-11,13H,3,6-7,12,14H2,1-2H3. The monoisotopic (exact) mass is 301 g/mol. The fourth-order valence-electron chi connectivity index (χ4n) is 2.24. The van der Waals surface area contributed by atoms with Gasteiger partial charge in [0.1, 0.15) is 5.75 Å². The molecule has 0 aliphatic carbocycles. The summed E-state index contributed by atoms with van der Waals surface area (Å²) in [6.07, 6.45) is 3.59. The lowest BCUT2D eigenvalue weighted by Gasteiger charge is -2.10. The Balaban J connectivity index is 1.79. The van der Waals surface area contributed by atoms with E-state index in [9.17, 15) is 4.79 Å². The predicted octanol–water partition coefficient (Wildman–Crippen LogP) is 3.41. The molecule has 0 saturated heterocycles. The molecule has 1 heterocycles. The van der Waals surface area contributed by atoms with E-state index in [4.69, 9.17) is 9.47 Å². The van der Waals surface area contributed by atoms with Crippen molar-refractivity contribution in [1.82, 2.24) is 4.57 Å². The van der Waals surface area contributed by atoms with E-state index >= 15 is 0 Å². The normalized spacial score (nSPS) is 10.5. The fourth-order valence-corrected chi connectivity index (χ4v) is 2.24. The summed E-state index contributed by atoms with van der Waals surface area (Å²) in [5, 5.41) is 0. The molecule has 22 heavy (non-hydrogen) atoms. The van der Waals surface area contributed by atoms with E-state index in [0.29, 0.717) is 25.5 Å². The van der Waals surface area contributed by atoms with Crippen molar-refractivity contribution >= 4 is 0 Å². The van der Waals surface area contributed by atoms with Crippen LogP contribution >= 0.6 is 0 Å². The number of hydrogen-bond donors (Lipinski definition) is 0. The van der Waals surface area contributed by atoms with Gasteiger partial charge in [0.15, 0.2) is 5.75 Å². The molecule has 0 spiro atoms. The number of nitrogens with zero attached hydrogens (tertiary/aromatic N) is 1. The van der Waals surface area contributed by atoms with E-state index in [1.807, 2.05) is 44.2 Å². The number of aromatic nitrogens is 1. The minimum absolute atomic E-state index is 0.0656. The van der Waals surface area contributed by atoms with Gasteiger partial charge < -0.3 is 14.0 Å². The van der Waals surface area contributed by atoms with Crippen LogP contribution in [0.25, 0.3) is 0 Å². The van der Waals surface area contributed by atoms with Crippen LogP contribution in [0.2, 0.25) is 0 Å². The van der Waals surface area contributed by atoms with Crippen LogP contribution in [-0.4, -0.2) is 17.8 Å². The van der Waals surface area contributed by atoms with Crippen molar-refractivity contribution in [3.63, 3.8) is 0 Å². The zero-order valence-electron chi connectivity index (χ0n) is 13.2. The quantitative estimate of drug-likeness (QED) is 0.702. The van der Waals surface area contributed by atoms with Crippen LogP contribution < -0.4 is 15.0 Å².